The molecule has 1 fully saturated rings. The number of aliphatic hydroxyl groups excluding tert-OH is 1. The monoisotopic (exact) mass is 663 g/mol. The lowest BCUT2D eigenvalue weighted by Crippen LogP contribution is -2.54. The molecule has 2 atom stereocenters. The first-order valence-corrected chi connectivity index (χ1v) is 15.7. The molecule has 1 aromatic heterocycles. The number of carbonyl (C=O) groups is 1. The van der Waals surface area contributed by atoms with Crippen molar-refractivity contribution in [2.45, 2.75) is 17.4 Å². The van der Waals surface area contributed by atoms with Crippen LogP contribution in [0.3, 0.4) is 0 Å². The molecule has 49 heavy (non-hydrogen) atoms. The summed E-state index contributed by atoms with van der Waals surface area (Å²) in [4.78, 5) is 29.8. The van der Waals surface area contributed by atoms with E-state index < -0.39 is 35.6 Å². The molecule has 1 amide bonds. The van der Waals surface area contributed by atoms with Crippen LogP contribution in [0.2, 0.25) is 0 Å². The van der Waals surface area contributed by atoms with Gasteiger partial charge < -0.3 is 34.1 Å². The maximum absolute atomic E-state index is 13.2. The standard InChI is InChI=1S/C38H37N3O8/c1-45-31-17-13-29(14-18-31)38(28-11-7-4-8-12-28,30-15-19-32(46-2)20-16-30)48-26-37(24-42)25-47-23-34(49-37)41-22-21-33(40-36(41)44)39-35(43)27-9-5-3-6-10-27/h3-22,34,42H,23-26H2,1-2H3,(H,39,40,43,44)/t34-,37-/m1/s1. The summed E-state index contributed by atoms with van der Waals surface area (Å²) < 4.78 is 31.5. The second-order valence-corrected chi connectivity index (χ2v) is 11.5. The van der Waals surface area contributed by atoms with Gasteiger partial charge in [0.2, 0.25) is 0 Å². The second kappa shape index (κ2) is 14.8. The van der Waals surface area contributed by atoms with Crippen LogP contribution in [0.5, 0.6) is 11.5 Å². The van der Waals surface area contributed by atoms with Crippen molar-refractivity contribution in [2.75, 3.05) is 46.0 Å². The number of carbonyl (C=O) groups excluding carboxylic acids is 1. The highest BCUT2D eigenvalue weighted by molar-refractivity contribution is 6.03. The zero-order valence-electron chi connectivity index (χ0n) is 27.2. The molecule has 2 heterocycles. The zero-order valence-corrected chi connectivity index (χ0v) is 27.2. The van der Waals surface area contributed by atoms with Crippen molar-refractivity contribution in [1.82, 2.24) is 9.55 Å². The molecule has 11 nitrogen and oxygen atoms in total. The molecule has 1 aliphatic heterocycles. The van der Waals surface area contributed by atoms with Crippen molar-refractivity contribution >= 4 is 11.7 Å². The van der Waals surface area contributed by atoms with E-state index in [1.54, 1.807) is 44.6 Å². The van der Waals surface area contributed by atoms with E-state index in [2.05, 4.69) is 10.3 Å². The molecular formula is C38H37N3O8. The Morgan fingerprint density at radius 2 is 1.45 bits per heavy atom. The van der Waals surface area contributed by atoms with Gasteiger partial charge in [-0.15, -0.1) is 0 Å². The number of hydrogen-bond acceptors (Lipinski definition) is 9. The predicted molar refractivity (Wildman–Crippen MR) is 182 cm³/mol. The number of hydrogen-bond donors (Lipinski definition) is 2. The molecule has 1 saturated heterocycles. The number of nitrogens with one attached hydrogen (secondary N) is 1. The van der Waals surface area contributed by atoms with Gasteiger partial charge in [-0.25, -0.2) is 4.79 Å². The average Bonchev–Trinajstić information content (AvgIpc) is 3.16. The Morgan fingerprint density at radius 1 is 0.878 bits per heavy atom. The van der Waals surface area contributed by atoms with E-state index in [0.717, 1.165) is 16.7 Å². The Labute approximate surface area is 283 Å². The maximum Gasteiger partial charge on any atom is 0.351 e. The van der Waals surface area contributed by atoms with Crippen LogP contribution in [0.1, 0.15) is 33.3 Å². The van der Waals surface area contributed by atoms with E-state index in [1.807, 2.05) is 78.9 Å². The topological polar surface area (TPSA) is 130 Å². The third-order valence-electron chi connectivity index (χ3n) is 8.44. The van der Waals surface area contributed by atoms with Crippen molar-refractivity contribution in [1.29, 1.82) is 0 Å². The van der Waals surface area contributed by atoms with Gasteiger partial charge in [0.25, 0.3) is 5.91 Å². The maximum atomic E-state index is 13.2. The van der Waals surface area contributed by atoms with E-state index >= 15 is 0 Å². The third-order valence-corrected chi connectivity index (χ3v) is 8.44. The number of nitrogens with zero attached hydrogens (tertiary/aromatic N) is 2. The van der Waals surface area contributed by atoms with E-state index in [1.165, 1.54) is 16.8 Å². The summed E-state index contributed by atoms with van der Waals surface area (Å²) in [6, 6.07) is 35.1. The first kappa shape index (κ1) is 33.6. The van der Waals surface area contributed by atoms with Crippen molar-refractivity contribution in [3.05, 3.63) is 154 Å². The molecule has 0 bridgehead atoms. The van der Waals surface area contributed by atoms with Crippen LogP contribution < -0.4 is 20.5 Å². The fraction of sp³-hybridized carbons (Fsp3) is 0.237. The summed E-state index contributed by atoms with van der Waals surface area (Å²) in [6.07, 6.45) is 0.540. The average molecular weight is 664 g/mol. The number of amides is 1. The Balaban J connectivity index is 1.31. The van der Waals surface area contributed by atoms with E-state index in [-0.39, 0.29) is 25.6 Å². The van der Waals surface area contributed by atoms with E-state index in [4.69, 9.17) is 23.7 Å². The predicted octanol–water partition coefficient (Wildman–Crippen LogP) is 4.80. The Morgan fingerprint density at radius 3 is 2.00 bits per heavy atom. The fourth-order valence-electron chi connectivity index (χ4n) is 5.84. The van der Waals surface area contributed by atoms with Crippen molar-refractivity contribution in [3.63, 3.8) is 0 Å². The first-order valence-electron chi connectivity index (χ1n) is 15.7. The lowest BCUT2D eigenvalue weighted by Gasteiger charge is -2.43. The number of ether oxygens (including phenoxy) is 5. The molecule has 0 saturated carbocycles. The molecule has 11 heteroatoms. The van der Waals surface area contributed by atoms with E-state index in [9.17, 15) is 14.7 Å². The summed E-state index contributed by atoms with van der Waals surface area (Å²) in [5, 5.41) is 13.4. The summed E-state index contributed by atoms with van der Waals surface area (Å²) >= 11 is 0. The molecule has 5 aromatic rings. The van der Waals surface area contributed by atoms with Gasteiger partial charge >= 0.3 is 5.69 Å². The van der Waals surface area contributed by atoms with Crippen LogP contribution in [-0.2, 0) is 19.8 Å². The molecule has 0 unspecified atom stereocenters. The summed E-state index contributed by atoms with van der Waals surface area (Å²) in [7, 11) is 3.22. The quantitative estimate of drug-likeness (QED) is 0.181. The first-order chi connectivity index (χ1) is 23.9. The number of aromatic nitrogens is 2. The number of rotatable bonds is 12. The van der Waals surface area contributed by atoms with Gasteiger partial charge in [0.05, 0.1) is 40.6 Å². The van der Waals surface area contributed by atoms with Crippen molar-refractivity contribution in [2.24, 2.45) is 0 Å². The highest BCUT2D eigenvalue weighted by Crippen LogP contribution is 2.43. The molecular weight excluding hydrogens is 626 g/mol. The summed E-state index contributed by atoms with van der Waals surface area (Å²) in [5.74, 6) is 1.07. The second-order valence-electron chi connectivity index (χ2n) is 11.5. The molecule has 4 aromatic carbocycles. The number of methoxy groups -OCH3 is 2. The minimum absolute atomic E-state index is 0.00346. The SMILES string of the molecule is COc1ccc(C(OC[C@@]2(CO)COC[C@H](n3ccc(NC(=O)c4ccccc4)nc3=O)O2)(c2ccccc2)c2ccc(OC)cc2)cc1. The minimum Gasteiger partial charge on any atom is -0.497 e. The van der Waals surface area contributed by atoms with Crippen LogP contribution in [0.15, 0.2) is 126 Å². The molecule has 1 aliphatic rings. The van der Waals surface area contributed by atoms with Crippen LogP contribution in [0, 0.1) is 0 Å². The van der Waals surface area contributed by atoms with Gasteiger partial charge in [0.15, 0.2) is 6.23 Å². The number of aliphatic hydroxyl groups is 1. The van der Waals surface area contributed by atoms with Crippen molar-refractivity contribution in [3.8, 4) is 11.5 Å². The number of anilines is 1. The zero-order chi connectivity index (χ0) is 34.3. The van der Waals surface area contributed by atoms with Crippen LogP contribution in [0.25, 0.3) is 0 Å². The minimum atomic E-state index is -1.36. The Bertz CT molecular complexity index is 1850. The van der Waals surface area contributed by atoms with Crippen LogP contribution in [0.4, 0.5) is 5.82 Å². The molecule has 0 aliphatic carbocycles. The fourth-order valence-corrected chi connectivity index (χ4v) is 5.84. The van der Waals surface area contributed by atoms with Gasteiger partial charge in [0, 0.05) is 11.8 Å². The lowest BCUT2D eigenvalue weighted by atomic mass is 9.79. The lowest BCUT2D eigenvalue weighted by molar-refractivity contribution is -0.261. The van der Waals surface area contributed by atoms with E-state index in [0.29, 0.717) is 17.1 Å². The molecule has 252 valence electrons. The molecule has 6 rings (SSSR count). The Kier molecular flexibility index (Phi) is 10.2. The smallest absolute Gasteiger partial charge is 0.351 e. The van der Waals surface area contributed by atoms with Crippen molar-refractivity contribution < 1.29 is 33.6 Å². The van der Waals surface area contributed by atoms with Gasteiger partial charge in [-0.3, -0.25) is 9.36 Å². The molecule has 2 N–H and O–H groups in total. The highest BCUT2D eigenvalue weighted by atomic mass is 16.6. The molecule has 0 spiro atoms. The van der Waals surface area contributed by atoms with Crippen LogP contribution in [-0.4, -0.2) is 66.8 Å². The summed E-state index contributed by atoms with van der Waals surface area (Å²) in [6.45, 7) is -0.559. The Hall–Kier alpha value is -5.33. The van der Waals surface area contributed by atoms with Gasteiger partial charge in [-0.05, 0) is 59.2 Å². The van der Waals surface area contributed by atoms with Gasteiger partial charge in [-0.2, -0.15) is 4.98 Å². The van der Waals surface area contributed by atoms with Gasteiger partial charge in [0.1, 0.15) is 28.5 Å². The van der Waals surface area contributed by atoms with Gasteiger partial charge in [-0.1, -0.05) is 72.8 Å². The third kappa shape index (κ3) is 7.10. The largest absolute Gasteiger partial charge is 0.497 e. The number of benzene rings is 4. The normalized spacial score (nSPS) is 17.7. The molecule has 0 radical (unpaired) electrons. The summed E-state index contributed by atoms with van der Waals surface area (Å²) in [5.41, 5.74) is -0.318. The highest BCUT2D eigenvalue weighted by Gasteiger charge is 2.45. The van der Waals surface area contributed by atoms with Crippen LogP contribution >= 0.6 is 0 Å².